The average molecular weight is 594 g/mol. The van der Waals surface area contributed by atoms with E-state index in [4.69, 9.17) is 4.74 Å². The number of hydrogen-bond acceptors (Lipinski definition) is 7. The maximum absolute atomic E-state index is 14.2. The van der Waals surface area contributed by atoms with Crippen LogP contribution in [-0.2, 0) is 9.59 Å². The number of likely N-dealkylation sites (tertiary alicyclic amines) is 1. The van der Waals surface area contributed by atoms with Crippen LogP contribution in [0.4, 0.5) is 4.39 Å². The van der Waals surface area contributed by atoms with E-state index in [1.54, 1.807) is 39.8 Å². The van der Waals surface area contributed by atoms with E-state index in [-0.39, 0.29) is 17.2 Å². The number of carbonyl (C=O) groups is 3. The highest BCUT2D eigenvalue weighted by Gasteiger charge is 2.52. The van der Waals surface area contributed by atoms with Crippen molar-refractivity contribution in [3.8, 4) is 11.5 Å². The van der Waals surface area contributed by atoms with Gasteiger partial charge < -0.3 is 20.1 Å². The van der Waals surface area contributed by atoms with Gasteiger partial charge in [-0.3, -0.25) is 19.2 Å². The first-order valence-corrected chi connectivity index (χ1v) is 14.3. The maximum atomic E-state index is 14.2. The van der Waals surface area contributed by atoms with E-state index in [0.717, 1.165) is 0 Å². The fourth-order valence-electron chi connectivity index (χ4n) is 5.88. The zero-order valence-electron chi connectivity index (χ0n) is 24.8. The highest BCUT2D eigenvalue weighted by molar-refractivity contribution is 5.96. The quantitative estimate of drug-likeness (QED) is 0.311. The summed E-state index contributed by atoms with van der Waals surface area (Å²) >= 11 is 0. The second-order valence-corrected chi connectivity index (χ2v) is 10.9. The van der Waals surface area contributed by atoms with E-state index in [0.29, 0.717) is 42.6 Å². The monoisotopic (exact) mass is 593 g/mol. The number of ether oxygens (including phenoxy) is 1. The Morgan fingerprint density at radius 1 is 1.14 bits per heavy atom. The Balaban J connectivity index is 1.58. The van der Waals surface area contributed by atoms with Crippen LogP contribution in [0.25, 0.3) is 0 Å². The van der Waals surface area contributed by atoms with Crippen LogP contribution in [0, 0.1) is 25.1 Å². The number of aryl methyl sites for hydroxylation is 2. The topological polar surface area (TPSA) is 155 Å². The third kappa shape index (κ3) is 6.27. The number of aliphatic carboxylic acids is 1. The fraction of sp³-hybridized carbons (Fsp3) is 0.419. The summed E-state index contributed by atoms with van der Waals surface area (Å²) in [5, 5.41) is 19.1. The predicted octanol–water partition coefficient (Wildman–Crippen LogP) is 4.45. The number of pyridine rings is 1. The molecular formula is C31H36FN5O6. The molecule has 2 amide bonds. The van der Waals surface area contributed by atoms with Crippen LogP contribution in [0.2, 0.25) is 0 Å². The van der Waals surface area contributed by atoms with Crippen LogP contribution in [0.5, 0.6) is 11.5 Å². The summed E-state index contributed by atoms with van der Waals surface area (Å²) in [7, 11) is 0. The van der Waals surface area contributed by atoms with Crippen LogP contribution in [0.1, 0.15) is 79.9 Å². The minimum absolute atomic E-state index is 0.0194. The molecule has 1 fully saturated rings. The lowest BCUT2D eigenvalue weighted by atomic mass is 9.74. The van der Waals surface area contributed by atoms with Gasteiger partial charge in [0.2, 0.25) is 5.91 Å². The third-order valence-corrected chi connectivity index (χ3v) is 8.30. The summed E-state index contributed by atoms with van der Waals surface area (Å²) in [5.74, 6) is -2.26. The highest BCUT2D eigenvalue weighted by atomic mass is 19.1. The number of carboxylic acid groups (broad SMARTS) is 1. The molecule has 0 aliphatic carbocycles. The van der Waals surface area contributed by atoms with Crippen LogP contribution in [0.3, 0.4) is 0 Å². The zero-order chi connectivity index (χ0) is 31.5. The molecule has 12 heteroatoms. The van der Waals surface area contributed by atoms with Gasteiger partial charge in [0.15, 0.2) is 5.75 Å². The van der Waals surface area contributed by atoms with Crippen molar-refractivity contribution < 1.29 is 28.6 Å². The molecule has 3 aromatic rings. The third-order valence-electron chi connectivity index (χ3n) is 8.30. The van der Waals surface area contributed by atoms with Crippen LogP contribution in [-0.4, -0.2) is 55.1 Å². The largest absolute Gasteiger partial charge is 0.481 e. The molecule has 1 aliphatic rings. The van der Waals surface area contributed by atoms with Crippen molar-refractivity contribution in [3.63, 3.8) is 0 Å². The van der Waals surface area contributed by atoms with Gasteiger partial charge in [-0.2, -0.15) is 5.10 Å². The number of carbonyl (C=O) groups excluding carboxylic acids is 2. The summed E-state index contributed by atoms with van der Waals surface area (Å²) < 4.78 is 19.9. The zero-order valence-corrected chi connectivity index (χ0v) is 24.8. The summed E-state index contributed by atoms with van der Waals surface area (Å²) in [6.07, 6.45) is 1.47. The molecule has 3 atom stereocenters. The number of carboxylic acids is 1. The van der Waals surface area contributed by atoms with E-state index in [1.807, 2.05) is 0 Å². The van der Waals surface area contributed by atoms with Crippen molar-refractivity contribution in [2.75, 3.05) is 0 Å². The number of aromatic amines is 1. The molecule has 11 nitrogen and oxygen atoms in total. The molecule has 1 saturated heterocycles. The van der Waals surface area contributed by atoms with Crippen molar-refractivity contribution in [3.05, 3.63) is 81.3 Å². The summed E-state index contributed by atoms with van der Waals surface area (Å²) in [5.41, 5.74) is -0.251. The summed E-state index contributed by atoms with van der Waals surface area (Å²) in [4.78, 5) is 57.7. The van der Waals surface area contributed by atoms with Crippen molar-refractivity contribution in [2.24, 2.45) is 5.41 Å². The van der Waals surface area contributed by atoms with E-state index in [1.165, 1.54) is 42.2 Å². The number of hydrogen-bond donors (Lipinski definition) is 3. The average Bonchev–Trinajstić information content (AvgIpc) is 3.41. The standard InChI is InChI=1S/C31H36FN5O6/c1-6-31(7-2,30(41)42)26-14-12-23(20-9-8-10-21(32)16-20)37(26)29(40)19(5)34-27(38)22-11-13-24(18(4)33-22)43-25-15-17(3)35-36-28(25)39/h8-11,13,15-16,19,23,26H,6-7,12,14H2,1-5H3,(H,34,38)(H,36,39)(H,41,42)/t19-,23+,26-/m1/s1. The van der Waals surface area contributed by atoms with Crippen LogP contribution < -0.4 is 15.6 Å². The lowest BCUT2D eigenvalue weighted by Crippen LogP contribution is -2.55. The lowest BCUT2D eigenvalue weighted by molar-refractivity contribution is -0.157. The highest BCUT2D eigenvalue weighted by Crippen LogP contribution is 2.47. The molecule has 228 valence electrons. The van der Waals surface area contributed by atoms with E-state index >= 15 is 0 Å². The van der Waals surface area contributed by atoms with E-state index < -0.39 is 52.7 Å². The number of halogens is 1. The van der Waals surface area contributed by atoms with Crippen molar-refractivity contribution in [1.29, 1.82) is 0 Å². The summed E-state index contributed by atoms with van der Waals surface area (Å²) in [6, 6.07) is 8.08. The molecule has 1 aromatic carbocycles. The van der Waals surface area contributed by atoms with Gasteiger partial charge in [0.1, 0.15) is 23.3 Å². The van der Waals surface area contributed by atoms with Crippen molar-refractivity contribution in [2.45, 2.75) is 78.4 Å². The minimum Gasteiger partial charge on any atom is -0.481 e. The number of nitrogens with zero attached hydrogens (tertiary/aromatic N) is 3. The van der Waals surface area contributed by atoms with Crippen LogP contribution in [0.15, 0.2) is 47.3 Å². The first-order valence-electron chi connectivity index (χ1n) is 14.3. The Bertz CT molecular complexity index is 1590. The molecule has 1 aliphatic heterocycles. The smallest absolute Gasteiger partial charge is 0.311 e. The Morgan fingerprint density at radius 2 is 1.86 bits per heavy atom. The molecule has 3 N–H and O–H groups in total. The van der Waals surface area contributed by atoms with Crippen molar-refractivity contribution in [1.82, 2.24) is 25.4 Å². The lowest BCUT2D eigenvalue weighted by Gasteiger charge is -2.42. The predicted molar refractivity (Wildman–Crippen MR) is 155 cm³/mol. The molecular weight excluding hydrogens is 557 g/mol. The van der Waals surface area contributed by atoms with Gasteiger partial charge in [-0.15, -0.1) is 0 Å². The number of amides is 2. The number of nitrogens with one attached hydrogen (secondary N) is 2. The second-order valence-electron chi connectivity index (χ2n) is 10.9. The Kier molecular flexibility index (Phi) is 9.27. The van der Waals surface area contributed by atoms with Gasteiger partial charge >= 0.3 is 11.5 Å². The molecule has 0 spiro atoms. The SMILES string of the molecule is CCC(CC)(C(=O)O)[C@H]1CC[C@@H](c2cccc(F)c2)N1C(=O)[C@@H](C)NC(=O)c1ccc(Oc2cc(C)n[nH]c2=O)c(C)n1. The number of H-pyrrole nitrogens is 1. The Hall–Kier alpha value is -4.61. The van der Waals surface area contributed by atoms with Gasteiger partial charge in [-0.05, 0) is 76.3 Å². The molecule has 43 heavy (non-hydrogen) atoms. The van der Waals surface area contributed by atoms with Gasteiger partial charge in [0, 0.05) is 12.1 Å². The Morgan fingerprint density at radius 3 is 2.49 bits per heavy atom. The maximum Gasteiger partial charge on any atom is 0.311 e. The molecule has 4 rings (SSSR count). The van der Waals surface area contributed by atoms with Gasteiger partial charge in [-0.1, -0.05) is 26.0 Å². The number of benzene rings is 1. The van der Waals surface area contributed by atoms with Gasteiger partial charge in [0.05, 0.1) is 22.8 Å². The molecule has 0 radical (unpaired) electrons. The molecule has 0 unspecified atom stereocenters. The summed E-state index contributed by atoms with van der Waals surface area (Å²) in [6.45, 7) is 8.41. The van der Waals surface area contributed by atoms with Crippen LogP contribution >= 0.6 is 0 Å². The molecule has 3 heterocycles. The molecule has 0 bridgehead atoms. The normalized spacial score (nSPS) is 17.4. The number of aromatic nitrogens is 3. The first kappa shape index (κ1) is 31.3. The first-order chi connectivity index (χ1) is 20.4. The van der Waals surface area contributed by atoms with Gasteiger partial charge in [-0.25, -0.2) is 14.5 Å². The Labute approximate surface area is 248 Å². The van der Waals surface area contributed by atoms with E-state index in [2.05, 4.69) is 20.5 Å². The molecule has 0 saturated carbocycles. The fourth-order valence-corrected chi connectivity index (χ4v) is 5.88. The minimum atomic E-state index is -1.20. The number of rotatable bonds is 10. The van der Waals surface area contributed by atoms with Gasteiger partial charge in [0.25, 0.3) is 5.91 Å². The van der Waals surface area contributed by atoms with E-state index in [9.17, 15) is 28.7 Å². The molecule has 2 aromatic heterocycles. The second kappa shape index (κ2) is 12.7. The van der Waals surface area contributed by atoms with Crippen molar-refractivity contribution >= 4 is 17.8 Å².